The minimum absolute atomic E-state index is 0.274. The number of carbonyl (C=O) groups is 1. The van der Waals surface area contributed by atoms with Crippen molar-refractivity contribution in [3.63, 3.8) is 0 Å². The van der Waals surface area contributed by atoms with Gasteiger partial charge < -0.3 is 9.47 Å². The number of carbonyl (C=O) groups excluding carboxylic acids is 1. The molecule has 0 spiro atoms. The van der Waals surface area contributed by atoms with E-state index in [-0.39, 0.29) is 5.92 Å². The van der Waals surface area contributed by atoms with Gasteiger partial charge in [0.1, 0.15) is 5.82 Å². The van der Waals surface area contributed by atoms with Crippen molar-refractivity contribution in [3.05, 3.63) is 46.0 Å². The monoisotopic (exact) mass is 360 g/mol. The number of halogens is 1. The van der Waals surface area contributed by atoms with E-state index in [0.29, 0.717) is 12.5 Å². The molecule has 0 bridgehead atoms. The van der Waals surface area contributed by atoms with Crippen LogP contribution < -0.4 is 0 Å². The van der Waals surface area contributed by atoms with Crippen molar-refractivity contribution < 1.29 is 4.79 Å². The molecular weight excluding hydrogens is 344 g/mol. The summed E-state index contributed by atoms with van der Waals surface area (Å²) in [7, 11) is 0. The van der Waals surface area contributed by atoms with E-state index < -0.39 is 0 Å². The van der Waals surface area contributed by atoms with E-state index in [1.807, 2.05) is 17.0 Å². The van der Waals surface area contributed by atoms with Gasteiger partial charge in [-0.05, 0) is 30.5 Å². The Morgan fingerprint density at radius 2 is 2.14 bits per heavy atom. The van der Waals surface area contributed by atoms with Gasteiger partial charge in [-0.2, -0.15) is 0 Å². The Labute approximate surface area is 137 Å². The Bertz CT molecular complexity index is 723. The van der Waals surface area contributed by atoms with Gasteiger partial charge in [-0.15, -0.1) is 10.2 Å². The highest BCUT2D eigenvalue weighted by atomic mass is 79.9. The van der Waals surface area contributed by atoms with Crippen LogP contribution in [0.15, 0.2) is 28.7 Å². The van der Waals surface area contributed by atoms with Crippen LogP contribution in [0.2, 0.25) is 0 Å². The highest BCUT2D eigenvalue weighted by molar-refractivity contribution is 9.10. The lowest BCUT2D eigenvalue weighted by Crippen LogP contribution is -2.39. The van der Waals surface area contributed by atoms with E-state index in [4.69, 9.17) is 0 Å². The van der Waals surface area contributed by atoms with Gasteiger partial charge >= 0.3 is 0 Å². The predicted octanol–water partition coefficient (Wildman–Crippen LogP) is 2.38. The molecule has 0 saturated heterocycles. The molecule has 4 rings (SSSR count). The maximum absolute atomic E-state index is 12.2. The van der Waals surface area contributed by atoms with E-state index in [1.165, 1.54) is 5.56 Å². The molecule has 0 N–H and O–H groups in total. The molecule has 114 valence electrons. The summed E-state index contributed by atoms with van der Waals surface area (Å²) < 4.78 is 3.24. The first-order chi connectivity index (χ1) is 10.7. The van der Waals surface area contributed by atoms with Crippen LogP contribution in [-0.4, -0.2) is 32.1 Å². The van der Waals surface area contributed by atoms with Crippen molar-refractivity contribution in [2.45, 2.75) is 32.4 Å². The average molecular weight is 361 g/mol. The largest absolute Gasteiger partial charge is 0.333 e. The molecule has 0 atom stereocenters. The third kappa shape index (κ3) is 2.67. The second-order valence-electron chi connectivity index (χ2n) is 6.02. The number of benzene rings is 1. The maximum atomic E-state index is 12.2. The Kier molecular flexibility index (Phi) is 3.48. The molecule has 6 heteroatoms. The second kappa shape index (κ2) is 5.50. The number of hydrogen-bond donors (Lipinski definition) is 0. The van der Waals surface area contributed by atoms with Gasteiger partial charge in [-0.25, -0.2) is 0 Å². The summed E-state index contributed by atoms with van der Waals surface area (Å²) >= 11 is 3.50. The van der Waals surface area contributed by atoms with Crippen molar-refractivity contribution in [3.8, 4) is 0 Å². The van der Waals surface area contributed by atoms with Crippen LogP contribution in [0.4, 0.5) is 0 Å². The molecule has 2 aromatic rings. The second-order valence-corrected chi connectivity index (χ2v) is 6.94. The number of nitrogens with zero attached hydrogens (tertiary/aromatic N) is 4. The summed E-state index contributed by atoms with van der Waals surface area (Å²) in [5.41, 5.74) is 1.21. The summed E-state index contributed by atoms with van der Waals surface area (Å²) in [5.74, 6) is 2.45. The van der Waals surface area contributed by atoms with Gasteiger partial charge in [0.25, 0.3) is 0 Å². The van der Waals surface area contributed by atoms with Gasteiger partial charge in [0.2, 0.25) is 5.91 Å². The Morgan fingerprint density at radius 1 is 1.27 bits per heavy atom. The molecule has 0 unspecified atom stereocenters. The first-order valence-electron chi connectivity index (χ1n) is 7.65. The summed E-state index contributed by atoms with van der Waals surface area (Å²) in [5, 5.41) is 8.63. The lowest BCUT2D eigenvalue weighted by atomic mass is 10.1. The lowest BCUT2D eigenvalue weighted by molar-refractivity contribution is -0.134. The quantitative estimate of drug-likeness (QED) is 0.844. The molecular formula is C16H17BrN4O. The first kappa shape index (κ1) is 13.9. The zero-order valence-electron chi connectivity index (χ0n) is 12.2. The number of fused-ring (bicyclic) bond motifs is 1. The molecule has 1 amide bonds. The number of amides is 1. The van der Waals surface area contributed by atoms with Crippen molar-refractivity contribution in [2.24, 2.45) is 5.92 Å². The molecule has 1 aliphatic carbocycles. The SMILES string of the molecule is O=C(C1CC1)N1CCn2c(Cc3cccc(Br)c3)nnc2C1. The molecule has 22 heavy (non-hydrogen) atoms. The molecule has 1 aromatic heterocycles. The fourth-order valence-electron chi connectivity index (χ4n) is 2.95. The topological polar surface area (TPSA) is 51.0 Å². The first-order valence-corrected chi connectivity index (χ1v) is 8.44. The lowest BCUT2D eigenvalue weighted by Gasteiger charge is -2.28. The summed E-state index contributed by atoms with van der Waals surface area (Å²) in [6.45, 7) is 2.16. The Balaban J connectivity index is 1.52. The molecule has 0 radical (unpaired) electrons. The van der Waals surface area contributed by atoms with Gasteiger partial charge in [-0.3, -0.25) is 4.79 Å². The van der Waals surface area contributed by atoms with Crippen LogP contribution >= 0.6 is 15.9 Å². The standard InChI is InChI=1S/C16H17BrN4O/c17-13-3-1-2-11(8-13)9-14-18-19-15-10-20(6-7-21(14)15)16(22)12-4-5-12/h1-3,8,12H,4-7,9-10H2. The van der Waals surface area contributed by atoms with E-state index in [9.17, 15) is 4.79 Å². The molecule has 2 heterocycles. The van der Waals surface area contributed by atoms with Crippen LogP contribution in [0.1, 0.15) is 30.1 Å². The third-order valence-electron chi connectivity index (χ3n) is 4.32. The summed E-state index contributed by atoms with van der Waals surface area (Å²) in [6.07, 6.45) is 2.87. The van der Waals surface area contributed by atoms with Crippen LogP contribution in [-0.2, 0) is 24.3 Å². The Hall–Kier alpha value is -1.69. The summed E-state index contributed by atoms with van der Waals surface area (Å²) in [4.78, 5) is 14.1. The molecule has 2 aliphatic rings. The average Bonchev–Trinajstić information content (AvgIpc) is 3.29. The fraction of sp³-hybridized carbons (Fsp3) is 0.438. The number of hydrogen-bond acceptors (Lipinski definition) is 3. The molecule has 1 aliphatic heterocycles. The van der Waals surface area contributed by atoms with Crippen molar-refractivity contribution in [1.82, 2.24) is 19.7 Å². The molecule has 1 saturated carbocycles. The fourth-order valence-corrected chi connectivity index (χ4v) is 3.40. The van der Waals surface area contributed by atoms with Gasteiger partial charge in [0, 0.05) is 29.9 Å². The minimum atomic E-state index is 0.274. The highest BCUT2D eigenvalue weighted by Gasteiger charge is 2.35. The van der Waals surface area contributed by atoms with Crippen LogP contribution in [0.25, 0.3) is 0 Å². The third-order valence-corrected chi connectivity index (χ3v) is 4.81. The Morgan fingerprint density at radius 3 is 2.91 bits per heavy atom. The zero-order chi connectivity index (χ0) is 15.1. The molecule has 5 nitrogen and oxygen atoms in total. The number of rotatable bonds is 3. The van der Waals surface area contributed by atoms with Crippen LogP contribution in [0.3, 0.4) is 0 Å². The van der Waals surface area contributed by atoms with Gasteiger partial charge in [0.05, 0.1) is 6.54 Å². The van der Waals surface area contributed by atoms with E-state index in [2.05, 4.69) is 42.8 Å². The van der Waals surface area contributed by atoms with Crippen molar-refractivity contribution in [1.29, 1.82) is 0 Å². The van der Waals surface area contributed by atoms with E-state index in [1.54, 1.807) is 0 Å². The predicted molar refractivity (Wildman–Crippen MR) is 85.1 cm³/mol. The van der Waals surface area contributed by atoms with E-state index in [0.717, 1.165) is 48.5 Å². The van der Waals surface area contributed by atoms with E-state index >= 15 is 0 Å². The summed E-state index contributed by atoms with van der Waals surface area (Å²) in [6, 6.07) is 8.25. The highest BCUT2D eigenvalue weighted by Crippen LogP contribution is 2.32. The van der Waals surface area contributed by atoms with Crippen LogP contribution in [0.5, 0.6) is 0 Å². The minimum Gasteiger partial charge on any atom is -0.333 e. The van der Waals surface area contributed by atoms with Crippen molar-refractivity contribution >= 4 is 21.8 Å². The van der Waals surface area contributed by atoms with Gasteiger partial charge in [-0.1, -0.05) is 28.1 Å². The normalized spacial score (nSPS) is 17.4. The maximum Gasteiger partial charge on any atom is 0.226 e. The smallest absolute Gasteiger partial charge is 0.226 e. The van der Waals surface area contributed by atoms with Crippen molar-refractivity contribution in [2.75, 3.05) is 6.54 Å². The van der Waals surface area contributed by atoms with Gasteiger partial charge in [0.15, 0.2) is 5.82 Å². The molecule has 1 fully saturated rings. The van der Waals surface area contributed by atoms with Crippen LogP contribution in [0, 0.1) is 5.92 Å². The number of aromatic nitrogens is 3. The zero-order valence-corrected chi connectivity index (χ0v) is 13.8. The molecule has 1 aromatic carbocycles.